The van der Waals surface area contributed by atoms with Crippen LogP contribution in [0.5, 0.6) is 5.75 Å². The van der Waals surface area contributed by atoms with Crippen LogP contribution in [-0.2, 0) is 16.0 Å². The number of ether oxygens (including phenoxy) is 1. The summed E-state index contributed by atoms with van der Waals surface area (Å²) in [6, 6.07) is 14.2. The zero-order valence-electron chi connectivity index (χ0n) is 22.3. The zero-order valence-corrected chi connectivity index (χ0v) is 22.3. The van der Waals surface area contributed by atoms with Crippen molar-refractivity contribution >= 4 is 11.9 Å². The van der Waals surface area contributed by atoms with Crippen molar-refractivity contribution < 1.29 is 19.4 Å². The number of nitrogens with one attached hydrogen (secondary N) is 1. The van der Waals surface area contributed by atoms with E-state index >= 15 is 0 Å². The quantitative estimate of drug-likeness (QED) is 0.504. The molecule has 3 fully saturated rings. The van der Waals surface area contributed by atoms with E-state index < -0.39 is 5.97 Å². The Morgan fingerprint density at radius 2 is 1.86 bits per heavy atom. The molecular weight excluding hydrogens is 464 g/mol. The maximum absolute atomic E-state index is 13.0. The van der Waals surface area contributed by atoms with Crippen molar-refractivity contribution in [1.82, 2.24) is 10.2 Å². The fourth-order valence-electron chi connectivity index (χ4n) is 6.57. The minimum Gasteiger partial charge on any atom is -0.490 e. The normalized spacial score (nSPS) is 25.5. The highest BCUT2D eigenvalue weighted by atomic mass is 16.5. The average Bonchev–Trinajstić information content (AvgIpc) is 3.35. The van der Waals surface area contributed by atoms with Crippen LogP contribution in [0.2, 0.25) is 0 Å². The van der Waals surface area contributed by atoms with Gasteiger partial charge < -0.3 is 15.2 Å². The molecule has 2 aromatic carbocycles. The maximum atomic E-state index is 13.0. The molecule has 1 aliphatic heterocycles. The minimum absolute atomic E-state index is 0.0160. The molecule has 2 saturated carbocycles. The number of nitrogens with zero attached hydrogens (tertiary/aromatic N) is 1. The molecule has 6 nitrogen and oxygen atoms in total. The van der Waals surface area contributed by atoms with Crippen LogP contribution in [0.25, 0.3) is 11.1 Å². The van der Waals surface area contributed by atoms with Gasteiger partial charge in [-0.05, 0) is 73.2 Å². The summed E-state index contributed by atoms with van der Waals surface area (Å²) in [5, 5.41) is 12.9. The number of rotatable bonds is 8. The van der Waals surface area contributed by atoms with Crippen LogP contribution in [0, 0.1) is 5.41 Å². The van der Waals surface area contributed by atoms with Gasteiger partial charge in [-0.2, -0.15) is 0 Å². The molecule has 5 rings (SSSR count). The Labute approximate surface area is 220 Å². The third kappa shape index (κ3) is 5.69. The molecule has 3 atom stereocenters. The van der Waals surface area contributed by atoms with Crippen molar-refractivity contribution in [3.05, 3.63) is 53.6 Å². The van der Waals surface area contributed by atoms with Gasteiger partial charge in [0.2, 0.25) is 5.91 Å². The number of carbonyl (C=O) groups excluding carboxylic acids is 1. The lowest BCUT2D eigenvalue weighted by Crippen LogP contribution is -2.45. The number of carboxylic acids is 1. The topological polar surface area (TPSA) is 78.9 Å². The van der Waals surface area contributed by atoms with Gasteiger partial charge in [-0.3, -0.25) is 14.5 Å². The number of benzene rings is 2. The second-order valence-electron chi connectivity index (χ2n) is 12.1. The Bertz CT molecular complexity index is 1160. The molecule has 0 spiro atoms. The summed E-state index contributed by atoms with van der Waals surface area (Å²) in [5.74, 6) is 0.548. The van der Waals surface area contributed by atoms with Gasteiger partial charge in [-0.1, -0.05) is 56.7 Å². The molecule has 3 aliphatic rings. The number of amides is 1. The Balaban J connectivity index is 1.34. The van der Waals surface area contributed by atoms with E-state index in [1.165, 1.54) is 24.8 Å². The number of likely N-dealkylation sites (N-methyl/N-ethyl adjacent to an activating group) is 1. The van der Waals surface area contributed by atoms with E-state index in [1.807, 2.05) is 31.3 Å². The largest absolute Gasteiger partial charge is 0.490 e. The van der Waals surface area contributed by atoms with Gasteiger partial charge in [0.1, 0.15) is 11.9 Å². The standard InChI is InChI=1S/C31H40N2O4/c1-31(2)18-26(33(3)19-31)30(36)32-22-14-15-23(17-22)37-27-13-7-10-21(16-28(34)35)29(27)25-12-5-4-11-24(25)20-8-6-9-20/h4-5,7,10-13,20,22-23,26H,6,8-9,14-19H2,1-3H3,(H,32,36)(H,34,35)/t22-,23-,26+/m1/s1. The number of hydrogen-bond acceptors (Lipinski definition) is 4. The molecule has 1 saturated heterocycles. The third-order valence-electron chi connectivity index (χ3n) is 8.51. The van der Waals surface area contributed by atoms with E-state index in [4.69, 9.17) is 4.74 Å². The van der Waals surface area contributed by atoms with Gasteiger partial charge in [-0.25, -0.2) is 0 Å². The van der Waals surface area contributed by atoms with Crippen molar-refractivity contribution in [2.24, 2.45) is 5.41 Å². The van der Waals surface area contributed by atoms with Crippen molar-refractivity contribution in [2.45, 2.75) is 89.3 Å². The smallest absolute Gasteiger partial charge is 0.307 e. The van der Waals surface area contributed by atoms with E-state index in [9.17, 15) is 14.7 Å². The van der Waals surface area contributed by atoms with Crippen molar-refractivity contribution in [1.29, 1.82) is 0 Å². The summed E-state index contributed by atoms with van der Waals surface area (Å²) in [5.41, 5.74) is 4.23. The molecule has 0 radical (unpaired) electrons. The van der Waals surface area contributed by atoms with E-state index in [2.05, 4.69) is 42.3 Å². The highest BCUT2D eigenvalue weighted by Gasteiger charge is 2.40. The molecular formula is C31H40N2O4. The van der Waals surface area contributed by atoms with E-state index in [0.717, 1.165) is 54.7 Å². The molecule has 1 amide bonds. The van der Waals surface area contributed by atoms with Crippen LogP contribution in [0.3, 0.4) is 0 Å². The first-order valence-electron chi connectivity index (χ1n) is 13.8. The second kappa shape index (κ2) is 10.5. The first kappa shape index (κ1) is 25.8. The van der Waals surface area contributed by atoms with Gasteiger partial charge in [0.05, 0.1) is 12.5 Å². The summed E-state index contributed by atoms with van der Waals surface area (Å²) < 4.78 is 6.61. The third-order valence-corrected chi connectivity index (χ3v) is 8.51. The monoisotopic (exact) mass is 504 g/mol. The predicted octanol–water partition coefficient (Wildman–Crippen LogP) is 5.39. The number of hydrogen-bond donors (Lipinski definition) is 2. The SMILES string of the molecule is CN1CC(C)(C)C[C@H]1C(=O)N[C@@H]1CC[C@@H](Oc2cccc(CC(=O)O)c2-c2ccccc2C2CCC2)C1. The Hall–Kier alpha value is -2.86. The fraction of sp³-hybridized carbons (Fsp3) is 0.548. The molecule has 2 N–H and O–H groups in total. The fourth-order valence-corrected chi connectivity index (χ4v) is 6.57. The molecule has 0 unspecified atom stereocenters. The molecule has 2 aromatic rings. The summed E-state index contributed by atoms with van der Waals surface area (Å²) in [7, 11) is 2.03. The van der Waals surface area contributed by atoms with Crippen molar-refractivity contribution in [3.63, 3.8) is 0 Å². The second-order valence-corrected chi connectivity index (χ2v) is 12.1. The zero-order chi connectivity index (χ0) is 26.2. The summed E-state index contributed by atoms with van der Waals surface area (Å²) in [6.07, 6.45) is 6.92. The Morgan fingerprint density at radius 3 is 2.54 bits per heavy atom. The predicted molar refractivity (Wildman–Crippen MR) is 145 cm³/mol. The molecule has 2 aliphatic carbocycles. The summed E-state index contributed by atoms with van der Waals surface area (Å²) >= 11 is 0. The van der Waals surface area contributed by atoms with Crippen LogP contribution in [0.15, 0.2) is 42.5 Å². The van der Waals surface area contributed by atoms with Crippen molar-refractivity contribution in [3.8, 4) is 16.9 Å². The Kier molecular flexibility index (Phi) is 7.30. The number of likely N-dealkylation sites (tertiary alicyclic amines) is 1. The first-order valence-corrected chi connectivity index (χ1v) is 13.8. The number of carboxylic acid groups (broad SMARTS) is 1. The number of carbonyl (C=O) groups is 2. The van der Waals surface area contributed by atoms with E-state index in [0.29, 0.717) is 5.92 Å². The minimum atomic E-state index is -0.844. The lowest BCUT2D eigenvalue weighted by molar-refractivity contribution is -0.136. The van der Waals surface area contributed by atoms with Gasteiger partial charge in [0.15, 0.2) is 0 Å². The highest BCUT2D eigenvalue weighted by Crippen LogP contribution is 2.45. The van der Waals surface area contributed by atoms with Crippen LogP contribution >= 0.6 is 0 Å². The lowest BCUT2D eigenvalue weighted by Gasteiger charge is -2.29. The molecule has 0 aromatic heterocycles. The highest BCUT2D eigenvalue weighted by molar-refractivity contribution is 5.83. The van der Waals surface area contributed by atoms with Crippen LogP contribution < -0.4 is 10.1 Å². The first-order chi connectivity index (χ1) is 17.7. The van der Waals surface area contributed by atoms with E-state index in [1.54, 1.807) is 0 Å². The van der Waals surface area contributed by atoms with Gasteiger partial charge in [0.25, 0.3) is 0 Å². The molecule has 198 valence electrons. The average molecular weight is 505 g/mol. The lowest BCUT2D eigenvalue weighted by atomic mass is 9.76. The van der Waals surface area contributed by atoms with Crippen LogP contribution in [0.4, 0.5) is 0 Å². The molecule has 0 bridgehead atoms. The van der Waals surface area contributed by atoms with Crippen molar-refractivity contribution in [2.75, 3.05) is 13.6 Å². The molecule has 6 heteroatoms. The summed E-state index contributed by atoms with van der Waals surface area (Å²) in [6.45, 7) is 5.37. The number of aliphatic carboxylic acids is 1. The van der Waals surface area contributed by atoms with E-state index in [-0.39, 0.29) is 35.9 Å². The Morgan fingerprint density at radius 1 is 1.08 bits per heavy atom. The van der Waals surface area contributed by atoms with Gasteiger partial charge in [-0.15, -0.1) is 0 Å². The molecule has 37 heavy (non-hydrogen) atoms. The van der Waals surface area contributed by atoms with Gasteiger partial charge >= 0.3 is 5.97 Å². The van der Waals surface area contributed by atoms with Crippen LogP contribution in [0.1, 0.15) is 75.8 Å². The maximum Gasteiger partial charge on any atom is 0.307 e. The summed E-state index contributed by atoms with van der Waals surface area (Å²) in [4.78, 5) is 26.9. The van der Waals surface area contributed by atoms with Gasteiger partial charge in [0, 0.05) is 24.6 Å². The molecule has 1 heterocycles. The van der Waals surface area contributed by atoms with Crippen LogP contribution in [-0.4, -0.2) is 53.7 Å².